The van der Waals surface area contributed by atoms with Crippen LogP contribution in [-0.4, -0.2) is 5.97 Å². The Morgan fingerprint density at radius 3 is 2.27 bits per heavy atom. The smallest absolute Gasteiger partial charge is 0.545 e. The van der Waals surface area contributed by atoms with Crippen LogP contribution in [0.5, 0.6) is 11.5 Å². The Labute approximate surface area is 171 Å². The molecule has 2 rings (SSSR count). The number of carboxylic acid groups (broad SMARTS) is 1. The van der Waals surface area contributed by atoms with Crippen molar-refractivity contribution in [2.24, 2.45) is 0 Å². The van der Waals surface area contributed by atoms with Crippen molar-refractivity contribution in [2.45, 2.75) is 6.18 Å². The molecule has 0 N–H and O–H groups in total. The molecule has 0 saturated carbocycles. The fourth-order valence-electron chi connectivity index (χ4n) is 1.60. The second-order valence-electron chi connectivity index (χ2n) is 4.03. The van der Waals surface area contributed by atoms with Crippen molar-refractivity contribution in [3.63, 3.8) is 0 Å². The minimum atomic E-state index is -4.52. The number of aromatic carboxylic acids is 1. The molecule has 2 aromatic carbocycles. The number of ether oxygens (including phenoxy) is 1. The van der Waals surface area contributed by atoms with Crippen molar-refractivity contribution >= 4 is 17.6 Å². The van der Waals surface area contributed by atoms with Gasteiger partial charge in [-0.05, 0) is 30.3 Å². The van der Waals surface area contributed by atoms with Gasteiger partial charge in [-0.3, -0.25) is 0 Å². The number of para-hydroxylation sites is 1. The van der Waals surface area contributed by atoms with Gasteiger partial charge in [-0.2, -0.15) is 13.2 Å². The van der Waals surface area contributed by atoms with Crippen LogP contribution in [-0.2, 0) is 6.18 Å². The molecule has 0 fully saturated rings. The summed E-state index contributed by atoms with van der Waals surface area (Å²) in [5, 5.41) is 10.6. The standard InChI is InChI=1S/C14H8ClF3O3.K/c15-10-7-8(14(16,17)18)5-6-12(10)21-11-4-2-1-3-9(11)13(19)20;/h1-7H,(H,19,20);/q;+1/p-1. The summed E-state index contributed by atoms with van der Waals surface area (Å²) in [6, 6.07) is 8.10. The number of hydrogen-bond acceptors (Lipinski definition) is 3. The van der Waals surface area contributed by atoms with Gasteiger partial charge in [0.2, 0.25) is 0 Å². The van der Waals surface area contributed by atoms with Crippen LogP contribution in [0.15, 0.2) is 42.5 Å². The maximum Gasteiger partial charge on any atom is 1.00 e. The molecule has 0 amide bonds. The summed E-state index contributed by atoms with van der Waals surface area (Å²) < 4.78 is 42.8. The molecule has 0 heterocycles. The number of carbonyl (C=O) groups is 1. The second kappa shape index (κ2) is 7.81. The number of rotatable bonds is 3. The van der Waals surface area contributed by atoms with Crippen LogP contribution in [0.4, 0.5) is 13.2 Å². The quantitative estimate of drug-likeness (QED) is 0.755. The molecule has 110 valence electrons. The van der Waals surface area contributed by atoms with Crippen molar-refractivity contribution in [3.05, 3.63) is 58.6 Å². The molecule has 0 radical (unpaired) electrons. The van der Waals surface area contributed by atoms with Crippen molar-refractivity contribution in [1.29, 1.82) is 0 Å². The van der Waals surface area contributed by atoms with Gasteiger partial charge >= 0.3 is 57.6 Å². The number of alkyl halides is 3. The average molecular weight is 355 g/mol. The SMILES string of the molecule is O=C([O-])c1ccccc1Oc1ccc(C(F)(F)F)cc1Cl.[K+]. The Morgan fingerprint density at radius 1 is 1.09 bits per heavy atom. The summed E-state index contributed by atoms with van der Waals surface area (Å²) in [4.78, 5) is 10.9. The van der Waals surface area contributed by atoms with Crippen molar-refractivity contribution in [2.75, 3.05) is 0 Å². The first kappa shape index (κ1) is 19.5. The minimum absolute atomic E-state index is 0. The summed E-state index contributed by atoms with van der Waals surface area (Å²) in [6.45, 7) is 0. The minimum Gasteiger partial charge on any atom is -0.545 e. The van der Waals surface area contributed by atoms with Crippen LogP contribution in [0.2, 0.25) is 5.02 Å². The number of halogens is 4. The summed E-state index contributed by atoms with van der Waals surface area (Å²) in [7, 11) is 0. The predicted molar refractivity (Wildman–Crippen MR) is 67.3 cm³/mol. The molecule has 0 bridgehead atoms. The summed E-state index contributed by atoms with van der Waals surface area (Å²) in [5.41, 5.74) is -1.15. The molecule has 8 heteroatoms. The molecule has 0 unspecified atom stereocenters. The molecule has 0 aliphatic rings. The first-order chi connectivity index (χ1) is 9.79. The van der Waals surface area contributed by atoms with E-state index < -0.39 is 17.7 Å². The second-order valence-corrected chi connectivity index (χ2v) is 4.44. The molecular weight excluding hydrogens is 348 g/mol. The van der Waals surface area contributed by atoms with Crippen LogP contribution >= 0.6 is 11.6 Å². The molecule has 3 nitrogen and oxygen atoms in total. The third kappa shape index (κ3) is 4.71. The summed E-state index contributed by atoms with van der Waals surface area (Å²) in [6.07, 6.45) is -4.52. The Kier molecular flexibility index (Phi) is 6.91. The van der Waals surface area contributed by atoms with E-state index in [-0.39, 0.29) is 73.5 Å². The monoisotopic (exact) mass is 354 g/mol. The van der Waals surface area contributed by atoms with Crippen molar-refractivity contribution in [1.82, 2.24) is 0 Å². The van der Waals surface area contributed by atoms with E-state index in [0.717, 1.165) is 12.1 Å². The van der Waals surface area contributed by atoms with Crippen LogP contribution in [0.1, 0.15) is 15.9 Å². The van der Waals surface area contributed by atoms with Gasteiger partial charge in [0.1, 0.15) is 11.5 Å². The van der Waals surface area contributed by atoms with Gasteiger partial charge in [0.25, 0.3) is 0 Å². The first-order valence-electron chi connectivity index (χ1n) is 5.64. The average Bonchev–Trinajstić information content (AvgIpc) is 2.40. The van der Waals surface area contributed by atoms with E-state index in [1.807, 2.05) is 0 Å². The fraction of sp³-hybridized carbons (Fsp3) is 0.0714. The molecule has 0 spiro atoms. The number of carbonyl (C=O) groups excluding carboxylic acids is 1. The van der Waals surface area contributed by atoms with Crippen LogP contribution in [0.3, 0.4) is 0 Å². The van der Waals surface area contributed by atoms with E-state index in [2.05, 4.69) is 0 Å². The van der Waals surface area contributed by atoms with Gasteiger partial charge in [-0.25, -0.2) is 0 Å². The molecule has 0 saturated heterocycles. The van der Waals surface area contributed by atoms with Crippen molar-refractivity contribution in [3.8, 4) is 11.5 Å². The molecule has 0 atom stereocenters. The topological polar surface area (TPSA) is 49.4 Å². The third-order valence-electron chi connectivity index (χ3n) is 2.59. The molecular formula is C14H7ClF3KO3. The van der Waals surface area contributed by atoms with Gasteiger partial charge < -0.3 is 14.6 Å². The van der Waals surface area contributed by atoms with Crippen LogP contribution in [0, 0.1) is 0 Å². The molecule has 0 aliphatic carbocycles. The number of benzene rings is 2. The van der Waals surface area contributed by atoms with E-state index >= 15 is 0 Å². The Bertz CT molecular complexity index is 689. The van der Waals surface area contributed by atoms with Gasteiger partial charge in [-0.15, -0.1) is 0 Å². The van der Waals surface area contributed by atoms with Crippen LogP contribution in [0.25, 0.3) is 0 Å². The zero-order valence-corrected chi connectivity index (χ0v) is 15.2. The summed E-state index contributed by atoms with van der Waals surface area (Å²) in [5.74, 6) is -1.62. The summed E-state index contributed by atoms with van der Waals surface area (Å²) >= 11 is 5.73. The van der Waals surface area contributed by atoms with E-state index in [1.165, 1.54) is 24.3 Å². The van der Waals surface area contributed by atoms with Gasteiger partial charge in [0.15, 0.2) is 0 Å². The zero-order valence-electron chi connectivity index (χ0n) is 11.3. The first-order valence-corrected chi connectivity index (χ1v) is 6.02. The van der Waals surface area contributed by atoms with Gasteiger partial charge in [0, 0.05) is 5.56 Å². The normalized spacial score (nSPS) is 10.7. The Hall–Kier alpha value is -0.574. The zero-order chi connectivity index (χ0) is 15.6. The van der Waals surface area contributed by atoms with Gasteiger partial charge in [0.05, 0.1) is 16.6 Å². The van der Waals surface area contributed by atoms with E-state index in [0.29, 0.717) is 6.07 Å². The largest absolute Gasteiger partial charge is 1.00 e. The van der Waals surface area contributed by atoms with Crippen LogP contribution < -0.4 is 61.2 Å². The molecule has 2 aromatic rings. The Balaban J connectivity index is 0.00000242. The molecule has 22 heavy (non-hydrogen) atoms. The Morgan fingerprint density at radius 2 is 1.73 bits per heavy atom. The molecule has 0 aliphatic heterocycles. The van der Waals surface area contributed by atoms with E-state index in [1.54, 1.807) is 0 Å². The predicted octanol–water partition coefficient (Wildman–Crippen LogP) is 0.519. The van der Waals surface area contributed by atoms with Gasteiger partial charge in [-0.1, -0.05) is 23.7 Å². The maximum atomic E-state index is 12.5. The fourth-order valence-corrected chi connectivity index (χ4v) is 1.82. The maximum absolute atomic E-state index is 12.5. The van der Waals surface area contributed by atoms with E-state index in [4.69, 9.17) is 16.3 Å². The number of hydrogen-bond donors (Lipinski definition) is 0. The number of carboxylic acids is 1. The van der Waals surface area contributed by atoms with E-state index in [9.17, 15) is 23.1 Å². The third-order valence-corrected chi connectivity index (χ3v) is 2.88. The molecule has 0 aromatic heterocycles. The van der Waals surface area contributed by atoms with Crippen molar-refractivity contribution < 1.29 is 79.2 Å².